The number of fused-ring (bicyclic) bond motifs is 1. The molecule has 2 fully saturated rings. The molecule has 2 aliphatic heterocycles. The van der Waals surface area contributed by atoms with Gasteiger partial charge in [0.2, 0.25) is 10.0 Å². The molecule has 3 rings (SSSR count). The van der Waals surface area contributed by atoms with E-state index in [1.54, 1.807) is 19.2 Å². The minimum absolute atomic E-state index is 0.0396. The van der Waals surface area contributed by atoms with Crippen LogP contribution in [0.3, 0.4) is 0 Å². The van der Waals surface area contributed by atoms with Crippen LogP contribution in [0.25, 0.3) is 0 Å². The monoisotopic (exact) mass is 324 g/mol. The molecular formula is C14H16N2O5S. The van der Waals surface area contributed by atoms with Crippen LogP contribution in [0.2, 0.25) is 0 Å². The second-order valence-corrected chi connectivity index (χ2v) is 6.89. The third-order valence-corrected chi connectivity index (χ3v) is 5.46. The van der Waals surface area contributed by atoms with E-state index in [1.165, 1.54) is 12.1 Å². The van der Waals surface area contributed by atoms with Gasteiger partial charge in [0.05, 0.1) is 29.7 Å². The first kappa shape index (κ1) is 15.4. The average Bonchev–Trinajstić information content (AvgIpc) is 3.09. The fourth-order valence-electron chi connectivity index (χ4n) is 2.82. The molecule has 0 aliphatic carbocycles. The second-order valence-electron chi connectivity index (χ2n) is 5.21. The Morgan fingerprint density at radius 3 is 2.73 bits per heavy atom. The number of hydrogen-bond donors (Lipinski definition) is 1. The first-order valence-corrected chi connectivity index (χ1v) is 8.32. The van der Waals surface area contributed by atoms with E-state index in [1.807, 2.05) is 6.07 Å². The summed E-state index contributed by atoms with van der Waals surface area (Å²) in [4.78, 5) is -0.0396. The number of nitriles is 1. The van der Waals surface area contributed by atoms with E-state index in [4.69, 9.17) is 19.5 Å². The van der Waals surface area contributed by atoms with E-state index in [9.17, 15) is 8.42 Å². The van der Waals surface area contributed by atoms with Crippen molar-refractivity contribution in [3.8, 4) is 6.07 Å². The lowest BCUT2D eigenvalue weighted by atomic mass is 10.1. The molecule has 0 spiro atoms. The minimum atomic E-state index is -3.82. The molecule has 1 N–H and O–H groups in total. The molecule has 0 radical (unpaired) electrons. The lowest BCUT2D eigenvalue weighted by Crippen LogP contribution is -2.44. The van der Waals surface area contributed by atoms with Crippen LogP contribution in [0, 0.1) is 11.3 Å². The van der Waals surface area contributed by atoms with E-state index in [0.29, 0.717) is 6.61 Å². The maximum Gasteiger partial charge on any atom is 0.242 e. The zero-order chi connectivity index (χ0) is 15.7. The minimum Gasteiger partial charge on any atom is -0.376 e. The summed E-state index contributed by atoms with van der Waals surface area (Å²) in [6.07, 6.45) is -0.844. The number of hydrogen-bond acceptors (Lipinski definition) is 6. The fraction of sp³-hybridized carbons (Fsp3) is 0.500. The van der Waals surface area contributed by atoms with Gasteiger partial charge in [0.25, 0.3) is 0 Å². The first-order chi connectivity index (χ1) is 10.6. The molecule has 4 atom stereocenters. The third-order valence-electron chi connectivity index (χ3n) is 3.91. The maximum absolute atomic E-state index is 12.5. The van der Waals surface area contributed by atoms with E-state index in [-0.39, 0.29) is 35.4 Å². The standard InChI is InChI=1S/C14H16N2O5S/c1-19-11-8-21-13-10(7-20-14(11)13)16-22(17,18)12-5-3-2-4-9(12)6-15/h2-5,10-11,13-14,16H,7-8H2,1H3/t10-,11+,13+,14+/m0/s1. The van der Waals surface area contributed by atoms with E-state index < -0.39 is 16.1 Å². The van der Waals surface area contributed by atoms with Gasteiger partial charge >= 0.3 is 0 Å². The summed E-state index contributed by atoms with van der Waals surface area (Å²) < 4.78 is 44.0. The smallest absolute Gasteiger partial charge is 0.242 e. The van der Waals surface area contributed by atoms with Crippen LogP contribution in [-0.2, 0) is 24.2 Å². The Morgan fingerprint density at radius 1 is 1.27 bits per heavy atom. The molecule has 1 aromatic carbocycles. The largest absolute Gasteiger partial charge is 0.376 e. The molecule has 7 nitrogen and oxygen atoms in total. The summed E-state index contributed by atoms with van der Waals surface area (Å²) in [6.45, 7) is 0.585. The molecule has 0 aromatic heterocycles. The summed E-state index contributed by atoms with van der Waals surface area (Å²) in [5.74, 6) is 0. The van der Waals surface area contributed by atoms with Gasteiger partial charge in [0.15, 0.2) is 0 Å². The number of sulfonamides is 1. The normalized spacial score (nSPS) is 30.9. The third kappa shape index (κ3) is 2.62. The van der Waals surface area contributed by atoms with Gasteiger partial charge in [-0.2, -0.15) is 5.26 Å². The maximum atomic E-state index is 12.5. The fourth-order valence-corrected chi connectivity index (χ4v) is 4.21. The number of methoxy groups -OCH3 is 1. The Hall–Kier alpha value is -1.50. The summed E-state index contributed by atoms with van der Waals surface area (Å²) in [6, 6.07) is 7.46. The second kappa shape index (κ2) is 5.95. The Kier molecular flexibility index (Phi) is 4.16. The van der Waals surface area contributed by atoms with Crippen molar-refractivity contribution in [2.24, 2.45) is 0 Å². The van der Waals surface area contributed by atoms with Crippen molar-refractivity contribution >= 4 is 10.0 Å². The number of rotatable bonds is 4. The Balaban J connectivity index is 1.80. The van der Waals surface area contributed by atoms with Crippen LogP contribution in [0.1, 0.15) is 5.56 Å². The van der Waals surface area contributed by atoms with Gasteiger partial charge in [0, 0.05) is 7.11 Å². The molecular weight excluding hydrogens is 308 g/mol. The summed E-state index contributed by atoms with van der Waals surface area (Å²) >= 11 is 0. The lowest BCUT2D eigenvalue weighted by molar-refractivity contribution is -0.00795. The highest BCUT2D eigenvalue weighted by Gasteiger charge is 2.49. The van der Waals surface area contributed by atoms with Crippen LogP contribution < -0.4 is 4.72 Å². The number of benzene rings is 1. The van der Waals surface area contributed by atoms with Gasteiger partial charge in [-0.05, 0) is 12.1 Å². The predicted molar refractivity (Wildman–Crippen MR) is 75.5 cm³/mol. The number of nitrogens with zero attached hydrogens (tertiary/aromatic N) is 1. The zero-order valence-electron chi connectivity index (χ0n) is 11.9. The highest BCUT2D eigenvalue weighted by molar-refractivity contribution is 7.89. The Bertz CT molecular complexity index is 699. The van der Waals surface area contributed by atoms with Crippen LogP contribution in [0.15, 0.2) is 29.2 Å². The van der Waals surface area contributed by atoms with Crippen molar-refractivity contribution in [1.82, 2.24) is 4.72 Å². The van der Waals surface area contributed by atoms with Crippen molar-refractivity contribution in [2.75, 3.05) is 20.3 Å². The van der Waals surface area contributed by atoms with Gasteiger partial charge < -0.3 is 14.2 Å². The molecule has 2 heterocycles. The van der Waals surface area contributed by atoms with Gasteiger partial charge in [0.1, 0.15) is 24.4 Å². The molecule has 118 valence electrons. The molecule has 1 aromatic rings. The predicted octanol–water partition coefficient (Wildman–Crippen LogP) is 0.0178. The van der Waals surface area contributed by atoms with Crippen LogP contribution in [0.5, 0.6) is 0 Å². The molecule has 0 bridgehead atoms. The molecule has 2 aliphatic rings. The van der Waals surface area contributed by atoms with Gasteiger partial charge in [-0.1, -0.05) is 12.1 Å². The van der Waals surface area contributed by atoms with Crippen LogP contribution >= 0.6 is 0 Å². The summed E-state index contributed by atoms with van der Waals surface area (Å²) in [7, 11) is -2.25. The van der Waals surface area contributed by atoms with Crippen molar-refractivity contribution in [1.29, 1.82) is 5.26 Å². The van der Waals surface area contributed by atoms with E-state index in [2.05, 4.69) is 4.72 Å². The first-order valence-electron chi connectivity index (χ1n) is 6.84. The topological polar surface area (TPSA) is 97.7 Å². The van der Waals surface area contributed by atoms with Crippen LogP contribution in [-0.4, -0.2) is 53.1 Å². The molecule has 0 amide bonds. The Morgan fingerprint density at radius 2 is 2.00 bits per heavy atom. The molecule has 22 heavy (non-hydrogen) atoms. The lowest BCUT2D eigenvalue weighted by Gasteiger charge is -2.18. The molecule has 0 unspecified atom stereocenters. The van der Waals surface area contributed by atoms with E-state index >= 15 is 0 Å². The highest BCUT2D eigenvalue weighted by atomic mass is 32.2. The van der Waals surface area contributed by atoms with Crippen molar-refractivity contribution in [3.63, 3.8) is 0 Å². The molecule has 8 heteroatoms. The van der Waals surface area contributed by atoms with E-state index in [0.717, 1.165) is 0 Å². The van der Waals surface area contributed by atoms with Crippen molar-refractivity contribution in [2.45, 2.75) is 29.2 Å². The van der Waals surface area contributed by atoms with Gasteiger partial charge in [-0.3, -0.25) is 0 Å². The zero-order valence-corrected chi connectivity index (χ0v) is 12.7. The molecule has 0 saturated carbocycles. The highest BCUT2D eigenvalue weighted by Crippen LogP contribution is 2.29. The Labute approximate surface area is 128 Å². The number of ether oxygens (including phenoxy) is 3. The number of nitrogens with one attached hydrogen (secondary N) is 1. The molecule has 2 saturated heterocycles. The summed E-state index contributed by atoms with van der Waals surface area (Å²) in [5, 5.41) is 9.05. The summed E-state index contributed by atoms with van der Waals surface area (Å²) in [5.41, 5.74) is 0.104. The van der Waals surface area contributed by atoms with Crippen molar-refractivity contribution < 1.29 is 22.6 Å². The van der Waals surface area contributed by atoms with Crippen LogP contribution in [0.4, 0.5) is 0 Å². The SMILES string of the molecule is CO[C@@H]1CO[C@H]2[C@@H]1OC[C@@H]2NS(=O)(=O)c1ccccc1C#N. The van der Waals surface area contributed by atoms with Crippen molar-refractivity contribution in [3.05, 3.63) is 29.8 Å². The average molecular weight is 324 g/mol. The van der Waals surface area contributed by atoms with Gasteiger partial charge in [-0.25, -0.2) is 13.1 Å². The van der Waals surface area contributed by atoms with Gasteiger partial charge in [-0.15, -0.1) is 0 Å². The quantitative estimate of drug-likeness (QED) is 0.838.